The number of benzene rings is 2. The minimum absolute atomic E-state index is 0.160. The topological polar surface area (TPSA) is 82.1 Å². The lowest BCUT2D eigenvalue weighted by Crippen LogP contribution is -2.42. The van der Waals surface area contributed by atoms with Gasteiger partial charge in [0, 0.05) is 0 Å². The van der Waals surface area contributed by atoms with E-state index in [2.05, 4.69) is 22.6 Å². The fourth-order valence-electron chi connectivity index (χ4n) is 3.19. The molecule has 3 rings (SSSR count). The Morgan fingerprint density at radius 1 is 1.11 bits per heavy atom. The van der Waals surface area contributed by atoms with E-state index >= 15 is 0 Å². The average Bonchev–Trinajstić information content (AvgIpc) is 3.08. The Morgan fingerprint density at radius 2 is 1.86 bits per heavy atom. The predicted octanol–water partition coefficient (Wildman–Crippen LogP) is 6.56. The SMILES string of the molecule is CCOC(=O)[C@H](C)N1C(=O)S/C(=C/c2cc(I)c(OCc3ccc(Cl)c(Cl)c3)c(OCC)c2)C1=O. The molecule has 0 bridgehead atoms. The maximum absolute atomic E-state index is 12.9. The van der Waals surface area contributed by atoms with Crippen LogP contribution in [0.15, 0.2) is 35.2 Å². The molecule has 0 saturated carbocycles. The van der Waals surface area contributed by atoms with Gasteiger partial charge >= 0.3 is 5.97 Å². The summed E-state index contributed by atoms with van der Waals surface area (Å²) in [6.07, 6.45) is 1.59. The van der Waals surface area contributed by atoms with E-state index in [0.29, 0.717) is 33.7 Å². The number of carbonyl (C=O) groups is 3. The molecule has 0 aromatic heterocycles. The number of ether oxygens (including phenoxy) is 3. The van der Waals surface area contributed by atoms with Gasteiger partial charge in [-0.2, -0.15) is 0 Å². The van der Waals surface area contributed by atoms with Gasteiger partial charge in [0.2, 0.25) is 0 Å². The highest BCUT2D eigenvalue weighted by Crippen LogP contribution is 2.38. The highest BCUT2D eigenvalue weighted by atomic mass is 127. The number of thioether (sulfide) groups is 1. The number of halogens is 3. The van der Waals surface area contributed by atoms with Crippen LogP contribution in [0.5, 0.6) is 11.5 Å². The van der Waals surface area contributed by atoms with Crippen molar-refractivity contribution >= 4 is 80.7 Å². The Kier molecular flexibility index (Phi) is 9.74. The molecular formula is C24H22Cl2INO6S. The molecule has 1 saturated heterocycles. The highest BCUT2D eigenvalue weighted by molar-refractivity contribution is 14.1. The molecule has 1 heterocycles. The quantitative estimate of drug-likeness (QED) is 0.173. The van der Waals surface area contributed by atoms with E-state index < -0.39 is 23.2 Å². The van der Waals surface area contributed by atoms with Gasteiger partial charge in [0.15, 0.2) is 11.5 Å². The molecule has 1 fully saturated rings. The van der Waals surface area contributed by atoms with E-state index in [4.69, 9.17) is 37.4 Å². The Labute approximate surface area is 231 Å². The number of amides is 2. The molecule has 1 atom stereocenters. The first kappa shape index (κ1) is 27.6. The lowest BCUT2D eigenvalue weighted by atomic mass is 10.1. The smallest absolute Gasteiger partial charge is 0.329 e. The monoisotopic (exact) mass is 649 g/mol. The van der Waals surface area contributed by atoms with Crippen molar-refractivity contribution in [1.29, 1.82) is 0 Å². The first-order valence-corrected chi connectivity index (χ1v) is 13.3. The van der Waals surface area contributed by atoms with Crippen LogP contribution >= 0.6 is 57.6 Å². The maximum atomic E-state index is 12.9. The van der Waals surface area contributed by atoms with Gasteiger partial charge in [-0.15, -0.1) is 0 Å². The molecule has 0 radical (unpaired) electrons. The number of imide groups is 1. The summed E-state index contributed by atoms with van der Waals surface area (Å²) in [4.78, 5) is 38.5. The minimum atomic E-state index is -1.01. The van der Waals surface area contributed by atoms with Crippen LogP contribution in [-0.4, -0.2) is 41.3 Å². The van der Waals surface area contributed by atoms with Crippen molar-refractivity contribution in [3.8, 4) is 11.5 Å². The summed E-state index contributed by atoms with van der Waals surface area (Å²) in [6.45, 7) is 5.78. The second kappa shape index (κ2) is 12.3. The maximum Gasteiger partial charge on any atom is 0.329 e. The van der Waals surface area contributed by atoms with Crippen molar-refractivity contribution in [2.75, 3.05) is 13.2 Å². The molecule has 186 valence electrons. The Morgan fingerprint density at radius 3 is 2.51 bits per heavy atom. The lowest BCUT2D eigenvalue weighted by Gasteiger charge is -2.19. The lowest BCUT2D eigenvalue weighted by molar-refractivity contribution is -0.150. The van der Waals surface area contributed by atoms with Gasteiger partial charge in [0.05, 0.1) is 31.7 Å². The van der Waals surface area contributed by atoms with Gasteiger partial charge in [-0.1, -0.05) is 29.3 Å². The fraction of sp³-hybridized carbons (Fsp3) is 0.292. The molecule has 2 amide bonds. The highest BCUT2D eigenvalue weighted by Gasteiger charge is 2.41. The Hall–Kier alpha value is -1.95. The number of carbonyl (C=O) groups excluding carboxylic acids is 3. The number of hydrogen-bond acceptors (Lipinski definition) is 7. The van der Waals surface area contributed by atoms with Crippen LogP contribution in [0, 0.1) is 3.57 Å². The molecule has 0 unspecified atom stereocenters. The molecule has 1 aliphatic heterocycles. The van der Waals surface area contributed by atoms with Crippen molar-refractivity contribution in [1.82, 2.24) is 4.90 Å². The molecular weight excluding hydrogens is 628 g/mol. The molecule has 0 N–H and O–H groups in total. The first-order chi connectivity index (χ1) is 16.7. The Balaban J connectivity index is 1.85. The number of hydrogen-bond donors (Lipinski definition) is 0. The van der Waals surface area contributed by atoms with E-state index in [9.17, 15) is 14.4 Å². The van der Waals surface area contributed by atoms with Crippen molar-refractivity contribution in [3.63, 3.8) is 0 Å². The standard InChI is InChI=1S/C24H22Cl2INO6S/c1-4-32-19-10-15(9-18(27)21(19)34-12-14-6-7-16(25)17(26)8-14)11-20-22(29)28(24(31)35-20)13(3)23(30)33-5-2/h6-11,13H,4-5,12H2,1-3H3/b20-11+/t13-/m0/s1. The van der Waals surface area contributed by atoms with Crippen LogP contribution in [0.1, 0.15) is 31.9 Å². The van der Waals surface area contributed by atoms with Gasteiger partial charge in [-0.3, -0.25) is 14.5 Å². The van der Waals surface area contributed by atoms with E-state index in [1.165, 1.54) is 6.92 Å². The number of rotatable bonds is 9. The summed E-state index contributed by atoms with van der Waals surface area (Å²) >= 11 is 15.0. The molecule has 7 nitrogen and oxygen atoms in total. The van der Waals surface area contributed by atoms with E-state index in [1.54, 1.807) is 31.2 Å². The van der Waals surface area contributed by atoms with E-state index in [1.807, 2.05) is 19.1 Å². The predicted molar refractivity (Wildman–Crippen MR) is 145 cm³/mol. The zero-order chi connectivity index (χ0) is 25.7. The van der Waals surface area contributed by atoms with Crippen molar-refractivity contribution in [3.05, 3.63) is 60.0 Å². The second-order valence-corrected chi connectivity index (χ2v) is 10.2. The summed E-state index contributed by atoms with van der Waals surface area (Å²) in [7, 11) is 0. The van der Waals surface area contributed by atoms with Crippen LogP contribution in [-0.2, 0) is 20.9 Å². The van der Waals surface area contributed by atoms with Gasteiger partial charge in [0.1, 0.15) is 12.6 Å². The summed E-state index contributed by atoms with van der Waals surface area (Å²) in [5.41, 5.74) is 1.49. The van der Waals surface area contributed by atoms with Crippen LogP contribution in [0.3, 0.4) is 0 Å². The zero-order valence-electron chi connectivity index (χ0n) is 19.1. The third-order valence-electron chi connectivity index (χ3n) is 4.84. The minimum Gasteiger partial charge on any atom is -0.490 e. The van der Waals surface area contributed by atoms with Crippen molar-refractivity contribution < 1.29 is 28.6 Å². The van der Waals surface area contributed by atoms with Gasteiger partial charge in [0.25, 0.3) is 11.1 Å². The molecule has 2 aromatic carbocycles. The fourth-order valence-corrected chi connectivity index (χ4v) is 5.20. The summed E-state index contributed by atoms with van der Waals surface area (Å²) in [5.74, 6) is -0.147. The number of nitrogens with zero attached hydrogens (tertiary/aromatic N) is 1. The molecule has 0 spiro atoms. The summed E-state index contributed by atoms with van der Waals surface area (Å²) in [5, 5.41) is 0.377. The number of esters is 1. The van der Waals surface area contributed by atoms with Gasteiger partial charge < -0.3 is 14.2 Å². The van der Waals surface area contributed by atoms with Crippen molar-refractivity contribution in [2.24, 2.45) is 0 Å². The molecule has 0 aliphatic carbocycles. The average molecular weight is 650 g/mol. The third kappa shape index (κ3) is 6.63. The summed E-state index contributed by atoms with van der Waals surface area (Å²) < 4.78 is 17.5. The largest absolute Gasteiger partial charge is 0.490 e. The van der Waals surface area contributed by atoms with Crippen LogP contribution in [0.4, 0.5) is 4.79 Å². The summed E-state index contributed by atoms with van der Waals surface area (Å²) in [6, 6.07) is 7.80. The van der Waals surface area contributed by atoms with Gasteiger partial charge in [-0.05, 0) is 96.6 Å². The first-order valence-electron chi connectivity index (χ1n) is 10.6. The molecule has 2 aromatic rings. The normalized spacial score (nSPS) is 15.5. The molecule has 11 heteroatoms. The van der Waals surface area contributed by atoms with Gasteiger partial charge in [-0.25, -0.2) is 4.79 Å². The van der Waals surface area contributed by atoms with Crippen LogP contribution in [0.2, 0.25) is 10.0 Å². The zero-order valence-corrected chi connectivity index (χ0v) is 23.6. The van der Waals surface area contributed by atoms with E-state index in [0.717, 1.165) is 25.8 Å². The molecule has 1 aliphatic rings. The molecule has 35 heavy (non-hydrogen) atoms. The third-order valence-corrected chi connectivity index (χ3v) is 7.26. The second-order valence-electron chi connectivity index (χ2n) is 7.28. The van der Waals surface area contributed by atoms with Crippen molar-refractivity contribution in [2.45, 2.75) is 33.4 Å². The van der Waals surface area contributed by atoms with E-state index in [-0.39, 0.29) is 18.1 Å². The van der Waals surface area contributed by atoms with Crippen LogP contribution < -0.4 is 9.47 Å². The van der Waals surface area contributed by atoms with Crippen LogP contribution in [0.25, 0.3) is 6.08 Å². The Bertz CT molecular complexity index is 1190.